The third-order valence-electron chi connectivity index (χ3n) is 4.88. The van der Waals surface area contributed by atoms with Gasteiger partial charge in [-0.2, -0.15) is 0 Å². The third kappa shape index (κ3) is 3.55. The van der Waals surface area contributed by atoms with Gasteiger partial charge in [-0.15, -0.1) is 6.42 Å². The Bertz CT molecular complexity index is 581. The predicted molar refractivity (Wildman–Crippen MR) is 95.2 cm³/mol. The van der Waals surface area contributed by atoms with Gasteiger partial charge < -0.3 is 15.5 Å². The first-order chi connectivity index (χ1) is 10.7. The van der Waals surface area contributed by atoms with Gasteiger partial charge in [0.15, 0.2) is 5.11 Å². The van der Waals surface area contributed by atoms with E-state index in [1.54, 1.807) is 4.90 Å². The zero-order valence-electron chi connectivity index (χ0n) is 12.4. The van der Waals surface area contributed by atoms with Crippen LogP contribution in [0.2, 0.25) is 5.02 Å². The average molecular weight is 335 g/mol. The monoisotopic (exact) mass is 334 g/mol. The summed E-state index contributed by atoms with van der Waals surface area (Å²) in [4.78, 5) is 1.63. The van der Waals surface area contributed by atoms with Crippen molar-refractivity contribution in [3.63, 3.8) is 0 Å². The van der Waals surface area contributed by atoms with Crippen molar-refractivity contribution >= 4 is 34.6 Å². The van der Waals surface area contributed by atoms with E-state index in [2.05, 4.69) is 16.6 Å². The first-order valence-corrected chi connectivity index (χ1v) is 8.55. The molecule has 0 aliphatic carbocycles. The summed E-state index contributed by atoms with van der Waals surface area (Å²) >= 11 is 11.3. The average Bonchev–Trinajstić information content (AvgIpc) is 2.55. The Morgan fingerprint density at radius 3 is 2.82 bits per heavy atom. The number of benzene rings is 1. The van der Waals surface area contributed by atoms with Crippen LogP contribution in [0.1, 0.15) is 12.8 Å². The minimum Gasteiger partial charge on any atom is -0.356 e. The number of rotatable bonds is 3. The summed E-state index contributed by atoms with van der Waals surface area (Å²) in [6.45, 7) is 3.26. The Hall–Kier alpha value is -1.28. The summed E-state index contributed by atoms with van der Waals surface area (Å²) in [6, 6.07) is 8.16. The minimum absolute atomic E-state index is 0.471. The van der Waals surface area contributed by atoms with Crippen LogP contribution in [0.4, 0.5) is 5.69 Å². The zero-order valence-corrected chi connectivity index (χ0v) is 14.0. The lowest BCUT2D eigenvalue weighted by atomic mass is 9.76. The van der Waals surface area contributed by atoms with Gasteiger partial charge in [0.05, 0.1) is 25.6 Å². The van der Waals surface area contributed by atoms with E-state index in [1.807, 2.05) is 24.3 Å². The number of anilines is 1. The van der Waals surface area contributed by atoms with E-state index in [0.29, 0.717) is 23.0 Å². The molecule has 4 rings (SSSR count). The van der Waals surface area contributed by atoms with Gasteiger partial charge >= 0.3 is 0 Å². The summed E-state index contributed by atoms with van der Waals surface area (Å²) in [5.74, 6) is 4.14. The van der Waals surface area contributed by atoms with Crippen LogP contribution >= 0.6 is 23.8 Å². The van der Waals surface area contributed by atoms with E-state index in [4.69, 9.17) is 30.2 Å². The van der Waals surface area contributed by atoms with E-state index < -0.39 is 0 Å². The van der Waals surface area contributed by atoms with Crippen LogP contribution in [0.15, 0.2) is 24.3 Å². The SMILES string of the molecule is C#C[C@H]1C[NH+]2CC[C@H]1C[C@@H]2CNC(=S)Nc1ccc(Cl)cc1. The molecule has 3 aliphatic heterocycles. The summed E-state index contributed by atoms with van der Waals surface area (Å²) in [6.07, 6.45) is 8.12. The lowest BCUT2D eigenvalue weighted by Gasteiger charge is -2.45. The van der Waals surface area contributed by atoms with E-state index >= 15 is 0 Å². The molecule has 22 heavy (non-hydrogen) atoms. The summed E-state index contributed by atoms with van der Waals surface area (Å²) < 4.78 is 0. The van der Waals surface area contributed by atoms with Crippen LogP contribution < -0.4 is 15.5 Å². The van der Waals surface area contributed by atoms with E-state index in [9.17, 15) is 0 Å². The van der Waals surface area contributed by atoms with Crippen LogP contribution in [0.5, 0.6) is 0 Å². The first kappa shape index (κ1) is 15.6. The molecule has 3 heterocycles. The fourth-order valence-electron chi connectivity index (χ4n) is 3.66. The highest BCUT2D eigenvalue weighted by Crippen LogP contribution is 2.26. The molecular weight excluding hydrogens is 314 g/mol. The number of terminal acetylenes is 1. The fourth-order valence-corrected chi connectivity index (χ4v) is 3.98. The standard InChI is InChI=1S/C17H20ClN3S/c1-2-12-11-21-8-7-13(12)9-16(21)10-19-17(22)20-15-5-3-14(18)4-6-15/h1,3-6,12-13,16H,7-11H2,(H2,19,20,22)/p+1/t12-,13-,16+/m0/s1. The molecule has 4 atom stereocenters. The molecule has 3 fully saturated rings. The molecule has 3 N–H and O–H groups in total. The van der Waals surface area contributed by atoms with Gasteiger partial charge in [0.1, 0.15) is 6.04 Å². The molecule has 5 heteroatoms. The van der Waals surface area contributed by atoms with Crippen LogP contribution in [-0.4, -0.2) is 30.8 Å². The Kier molecular flexibility index (Phi) is 4.87. The van der Waals surface area contributed by atoms with Gasteiger partial charge in [0.2, 0.25) is 0 Å². The van der Waals surface area contributed by atoms with E-state index in [0.717, 1.165) is 23.8 Å². The topological polar surface area (TPSA) is 28.5 Å². The molecule has 0 saturated carbocycles. The van der Waals surface area contributed by atoms with Crippen molar-refractivity contribution in [1.29, 1.82) is 0 Å². The molecule has 3 saturated heterocycles. The summed E-state index contributed by atoms with van der Waals surface area (Å²) in [5.41, 5.74) is 0.951. The highest BCUT2D eigenvalue weighted by atomic mass is 35.5. The highest BCUT2D eigenvalue weighted by Gasteiger charge is 2.42. The van der Waals surface area contributed by atoms with E-state index in [-0.39, 0.29) is 0 Å². The third-order valence-corrected chi connectivity index (χ3v) is 5.38. The molecule has 116 valence electrons. The maximum atomic E-state index is 5.88. The largest absolute Gasteiger partial charge is 0.356 e. The van der Waals surface area contributed by atoms with Crippen molar-refractivity contribution in [3.05, 3.63) is 29.3 Å². The predicted octanol–water partition coefficient (Wildman–Crippen LogP) is 1.55. The Morgan fingerprint density at radius 1 is 1.41 bits per heavy atom. The lowest BCUT2D eigenvalue weighted by Crippen LogP contribution is -3.20. The van der Waals surface area contributed by atoms with Gasteiger partial charge in [-0.3, -0.25) is 0 Å². The zero-order chi connectivity index (χ0) is 15.5. The van der Waals surface area contributed by atoms with Crippen LogP contribution in [-0.2, 0) is 0 Å². The second-order valence-corrected chi connectivity index (χ2v) is 7.05. The van der Waals surface area contributed by atoms with Gasteiger partial charge in [-0.25, -0.2) is 0 Å². The van der Waals surface area contributed by atoms with Gasteiger partial charge in [0, 0.05) is 23.6 Å². The fraction of sp³-hybridized carbons (Fsp3) is 0.471. The molecular formula is C17H21ClN3S+. The molecule has 0 radical (unpaired) electrons. The second kappa shape index (κ2) is 6.87. The van der Waals surface area contributed by atoms with Crippen molar-refractivity contribution in [2.45, 2.75) is 18.9 Å². The van der Waals surface area contributed by atoms with E-state index in [1.165, 1.54) is 19.4 Å². The minimum atomic E-state index is 0.471. The quantitative estimate of drug-likeness (QED) is 0.578. The number of piperidine rings is 3. The molecule has 0 spiro atoms. The molecule has 1 aromatic carbocycles. The molecule has 3 nitrogen and oxygen atoms in total. The summed E-state index contributed by atoms with van der Waals surface area (Å²) in [7, 11) is 0. The number of halogens is 1. The van der Waals surface area contributed by atoms with Crippen molar-refractivity contribution in [2.75, 3.05) is 25.0 Å². The number of hydrogen-bond donors (Lipinski definition) is 3. The normalized spacial score (nSPS) is 29.6. The highest BCUT2D eigenvalue weighted by molar-refractivity contribution is 7.80. The van der Waals surface area contributed by atoms with Crippen molar-refractivity contribution in [2.24, 2.45) is 11.8 Å². The van der Waals surface area contributed by atoms with Crippen molar-refractivity contribution < 1.29 is 4.90 Å². The molecule has 1 aromatic rings. The Labute approximate surface area is 142 Å². The molecule has 1 unspecified atom stereocenters. The number of hydrogen-bond acceptors (Lipinski definition) is 1. The van der Waals surface area contributed by atoms with Crippen LogP contribution in [0.25, 0.3) is 0 Å². The van der Waals surface area contributed by atoms with Gasteiger partial charge in [-0.05, 0) is 42.4 Å². The molecule has 2 bridgehead atoms. The Balaban J connectivity index is 1.48. The number of quaternary nitrogens is 1. The van der Waals surface area contributed by atoms with Crippen molar-refractivity contribution in [3.8, 4) is 12.3 Å². The molecule has 3 aliphatic rings. The number of nitrogens with one attached hydrogen (secondary N) is 3. The maximum absolute atomic E-state index is 5.88. The Morgan fingerprint density at radius 2 is 2.18 bits per heavy atom. The van der Waals surface area contributed by atoms with Crippen LogP contribution in [0, 0.1) is 24.2 Å². The lowest BCUT2D eigenvalue weighted by molar-refractivity contribution is -0.943. The van der Waals surface area contributed by atoms with Gasteiger partial charge in [-0.1, -0.05) is 17.5 Å². The number of thiocarbonyl (C=S) groups is 1. The molecule has 0 aromatic heterocycles. The first-order valence-electron chi connectivity index (χ1n) is 7.77. The van der Waals surface area contributed by atoms with Gasteiger partial charge in [0.25, 0.3) is 0 Å². The van der Waals surface area contributed by atoms with Crippen LogP contribution in [0.3, 0.4) is 0 Å². The molecule has 0 amide bonds. The van der Waals surface area contributed by atoms with Crippen molar-refractivity contribution in [1.82, 2.24) is 5.32 Å². The maximum Gasteiger partial charge on any atom is 0.170 e. The number of fused-ring (bicyclic) bond motifs is 3. The smallest absolute Gasteiger partial charge is 0.170 e. The second-order valence-electron chi connectivity index (χ2n) is 6.21. The summed E-state index contributed by atoms with van der Waals surface area (Å²) in [5, 5.41) is 7.93.